The molecule has 1 aliphatic heterocycles. The summed E-state index contributed by atoms with van der Waals surface area (Å²) in [5.74, 6) is 3.75. The number of hydrogen-bond donors (Lipinski definition) is 1. The second kappa shape index (κ2) is 8.01. The van der Waals surface area contributed by atoms with Gasteiger partial charge in [-0.15, -0.1) is 0 Å². The molecule has 0 spiro atoms. The fourth-order valence-corrected chi connectivity index (χ4v) is 8.32. The van der Waals surface area contributed by atoms with E-state index >= 15 is 0 Å². The predicted octanol–water partition coefficient (Wildman–Crippen LogP) is 6.88. The molecule has 170 valence electrons. The van der Waals surface area contributed by atoms with Crippen LogP contribution in [0.15, 0.2) is 39.9 Å². The molecular weight excluding hydrogens is 376 g/mol. The molecule has 0 radical (unpaired) electrons. The van der Waals surface area contributed by atoms with Gasteiger partial charge in [-0.25, -0.2) is 0 Å². The minimum atomic E-state index is 0.339. The van der Waals surface area contributed by atoms with Crippen LogP contribution < -0.4 is 5.73 Å². The molecule has 31 heavy (non-hydrogen) atoms. The lowest BCUT2D eigenvalue weighted by Gasteiger charge is -2.45. The topological polar surface area (TPSA) is 38.4 Å². The fourth-order valence-electron chi connectivity index (χ4n) is 8.32. The summed E-state index contributed by atoms with van der Waals surface area (Å²) in [6.45, 7) is 11.1. The quantitative estimate of drug-likeness (QED) is 0.495. The molecule has 1 heterocycles. The lowest BCUT2D eigenvalue weighted by molar-refractivity contribution is 0.0970. The van der Waals surface area contributed by atoms with Crippen LogP contribution in [-0.4, -0.2) is 18.8 Å². The zero-order chi connectivity index (χ0) is 21.8. The number of allylic oxidation sites excluding steroid dienone is 5. The maximum absolute atomic E-state index is 6.31. The summed E-state index contributed by atoms with van der Waals surface area (Å²) in [4.78, 5) is 4.68. The van der Waals surface area contributed by atoms with Gasteiger partial charge in [0.2, 0.25) is 0 Å². The Kier molecular flexibility index (Phi) is 5.60. The summed E-state index contributed by atoms with van der Waals surface area (Å²) in [6.07, 6.45) is 21.5. The summed E-state index contributed by atoms with van der Waals surface area (Å²) in [5.41, 5.74) is 12.2. The Bertz CT molecular complexity index is 830. The van der Waals surface area contributed by atoms with Crippen molar-refractivity contribution in [3.05, 3.63) is 34.9 Å². The van der Waals surface area contributed by atoms with Gasteiger partial charge < -0.3 is 5.73 Å². The van der Waals surface area contributed by atoms with Crippen molar-refractivity contribution in [2.24, 2.45) is 51.1 Å². The highest BCUT2D eigenvalue weighted by atomic mass is 14.8. The highest BCUT2D eigenvalue weighted by molar-refractivity contribution is 5.68. The largest absolute Gasteiger partial charge is 0.327 e. The Morgan fingerprint density at radius 3 is 2.71 bits per heavy atom. The second-order valence-corrected chi connectivity index (χ2v) is 12.3. The Hall–Kier alpha value is -1.15. The monoisotopic (exact) mass is 420 g/mol. The molecule has 1 fully saturated rings. The fraction of sp³-hybridized carbons (Fsp3) is 0.759. The van der Waals surface area contributed by atoms with E-state index in [9.17, 15) is 0 Å². The van der Waals surface area contributed by atoms with Crippen molar-refractivity contribution in [3.8, 4) is 0 Å². The van der Waals surface area contributed by atoms with Crippen LogP contribution in [0.2, 0.25) is 0 Å². The van der Waals surface area contributed by atoms with Crippen molar-refractivity contribution in [1.82, 2.24) is 0 Å². The summed E-state index contributed by atoms with van der Waals surface area (Å²) in [7, 11) is 0. The van der Waals surface area contributed by atoms with E-state index in [4.69, 9.17) is 5.73 Å². The molecule has 0 aromatic heterocycles. The van der Waals surface area contributed by atoms with Crippen LogP contribution >= 0.6 is 0 Å². The van der Waals surface area contributed by atoms with E-state index in [2.05, 4.69) is 57.1 Å². The number of nitrogens with zero attached hydrogens (tertiary/aromatic N) is 1. The smallest absolute Gasteiger partial charge is 0.0394 e. The third-order valence-electron chi connectivity index (χ3n) is 10.3. The first-order valence-corrected chi connectivity index (χ1v) is 13.2. The second-order valence-electron chi connectivity index (χ2n) is 12.3. The Morgan fingerprint density at radius 1 is 1.13 bits per heavy atom. The normalized spacial score (nSPS) is 42.8. The van der Waals surface area contributed by atoms with Crippen LogP contribution in [0.4, 0.5) is 0 Å². The number of fused-ring (bicyclic) bond motifs is 4. The van der Waals surface area contributed by atoms with E-state index in [0.717, 1.165) is 30.7 Å². The highest BCUT2D eigenvalue weighted by Gasteiger charge is 2.52. The van der Waals surface area contributed by atoms with Gasteiger partial charge in [0, 0.05) is 24.2 Å². The number of hydrogen-bond acceptors (Lipinski definition) is 2. The summed E-state index contributed by atoms with van der Waals surface area (Å²) >= 11 is 0. The number of nitrogens with two attached hydrogens (primary N) is 1. The summed E-state index contributed by atoms with van der Waals surface area (Å²) < 4.78 is 0. The van der Waals surface area contributed by atoms with Crippen LogP contribution in [0.1, 0.15) is 85.5 Å². The molecule has 7 unspecified atom stereocenters. The lowest BCUT2D eigenvalue weighted by atomic mass is 9.59. The van der Waals surface area contributed by atoms with Crippen LogP contribution in [0.5, 0.6) is 0 Å². The van der Waals surface area contributed by atoms with Gasteiger partial charge in [0.15, 0.2) is 0 Å². The minimum absolute atomic E-state index is 0.339. The van der Waals surface area contributed by atoms with E-state index in [0.29, 0.717) is 28.7 Å². The van der Waals surface area contributed by atoms with Gasteiger partial charge in [-0.3, -0.25) is 4.99 Å². The van der Waals surface area contributed by atoms with Gasteiger partial charge in [0.25, 0.3) is 0 Å². The SMILES string of the molecule is CC(CC1(C(C)C)C=NCC1)C1CCC2C3=CCC4CC(N)CC=C4CC3=CCC21C. The zero-order valence-electron chi connectivity index (χ0n) is 20.4. The summed E-state index contributed by atoms with van der Waals surface area (Å²) in [6, 6.07) is 0.371. The predicted molar refractivity (Wildman–Crippen MR) is 132 cm³/mol. The van der Waals surface area contributed by atoms with Crippen molar-refractivity contribution in [3.63, 3.8) is 0 Å². The van der Waals surface area contributed by atoms with Crippen molar-refractivity contribution >= 4 is 6.21 Å². The number of rotatable bonds is 4. The maximum atomic E-state index is 6.31. The standard InChI is InChI=1S/C29H44N2/c1-19(2)29(13-14-31-18-29)17-20(3)26-9-10-27-25-8-6-22-16-24(30)7-5-21(22)15-23(25)11-12-28(26,27)4/h5,8,11,18-20,22,24,26-27H,6-7,9-10,12-17,30H2,1-4H3. The first kappa shape index (κ1) is 21.7. The molecule has 2 N–H and O–H groups in total. The minimum Gasteiger partial charge on any atom is -0.327 e. The van der Waals surface area contributed by atoms with Crippen molar-refractivity contribution in [1.29, 1.82) is 0 Å². The van der Waals surface area contributed by atoms with E-state index in [-0.39, 0.29) is 0 Å². The molecule has 2 nitrogen and oxygen atoms in total. The van der Waals surface area contributed by atoms with E-state index in [1.54, 1.807) is 16.7 Å². The summed E-state index contributed by atoms with van der Waals surface area (Å²) in [5, 5.41) is 0. The van der Waals surface area contributed by atoms with Crippen molar-refractivity contribution in [2.75, 3.05) is 6.54 Å². The van der Waals surface area contributed by atoms with Crippen molar-refractivity contribution < 1.29 is 0 Å². The van der Waals surface area contributed by atoms with Crippen LogP contribution in [-0.2, 0) is 0 Å². The molecule has 1 saturated carbocycles. The van der Waals surface area contributed by atoms with Crippen LogP contribution in [0.25, 0.3) is 0 Å². The Morgan fingerprint density at radius 2 is 1.97 bits per heavy atom. The first-order valence-electron chi connectivity index (χ1n) is 13.2. The van der Waals surface area contributed by atoms with Gasteiger partial charge >= 0.3 is 0 Å². The van der Waals surface area contributed by atoms with Crippen molar-refractivity contribution in [2.45, 2.75) is 91.5 Å². The molecule has 4 aliphatic carbocycles. The van der Waals surface area contributed by atoms with Crippen LogP contribution in [0.3, 0.4) is 0 Å². The Balaban J connectivity index is 1.38. The molecule has 5 rings (SSSR count). The van der Waals surface area contributed by atoms with E-state index < -0.39 is 0 Å². The van der Waals surface area contributed by atoms with Gasteiger partial charge in [-0.2, -0.15) is 0 Å². The molecular formula is C29H44N2. The van der Waals surface area contributed by atoms with Gasteiger partial charge in [-0.05, 0) is 104 Å². The molecule has 0 bridgehead atoms. The third-order valence-corrected chi connectivity index (χ3v) is 10.3. The lowest BCUT2D eigenvalue weighted by Crippen LogP contribution is -2.38. The molecule has 2 heteroatoms. The van der Waals surface area contributed by atoms with Gasteiger partial charge in [0.05, 0.1) is 0 Å². The Labute approximate surface area is 190 Å². The van der Waals surface area contributed by atoms with E-state index in [1.807, 2.05) is 0 Å². The molecule has 7 atom stereocenters. The average molecular weight is 421 g/mol. The molecule has 0 aromatic carbocycles. The molecule has 0 aromatic rings. The maximum Gasteiger partial charge on any atom is 0.0394 e. The third kappa shape index (κ3) is 3.62. The zero-order valence-corrected chi connectivity index (χ0v) is 20.4. The highest BCUT2D eigenvalue weighted by Crippen LogP contribution is 2.61. The van der Waals surface area contributed by atoms with Gasteiger partial charge in [-0.1, -0.05) is 51.5 Å². The van der Waals surface area contributed by atoms with Crippen LogP contribution in [0, 0.1) is 40.4 Å². The van der Waals surface area contributed by atoms with E-state index in [1.165, 1.54) is 51.4 Å². The average Bonchev–Trinajstić information content (AvgIpc) is 3.29. The molecule has 0 amide bonds. The molecule has 5 aliphatic rings. The first-order chi connectivity index (χ1) is 14.8. The number of aliphatic imine (C=N–C) groups is 1. The van der Waals surface area contributed by atoms with Gasteiger partial charge in [0.1, 0.15) is 0 Å². The molecule has 0 saturated heterocycles.